The lowest BCUT2D eigenvalue weighted by molar-refractivity contribution is -0.727. The Kier molecular flexibility index (Phi) is 5.72. The second kappa shape index (κ2) is 7.77. The summed E-state index contributed by atoms with van der Waals surface area (Å²) in [4.78, 5) is 0.377. The molecule has 2 aliphatic carbocycles. The molecule has 2 fully saturated rings. The van der Waals surface area contributed by atoms with Gasteiger partial charge in [-0.05, 0) is 50.7 Å². The van der Waals surface area contributed by atoms with Gasteiger partial charge < -0.3 is 5.32 Å². The summed E-state index contributed by atoms with van der Waals surface area (Å²) in [6.07, 6.45) is 11.0. The van der Waals surface area contributed by atoms with Gasteiger partial charge in [0.15, 0.2) is 0 Å². The lowest BCUT2D eigenvalue weighted by atomic mass is 9.88. The molecule has 5 heteroatoms. The van der Waals surface area contributed by atoms with Crippen LogP contribution in [0.25, 0.3) is 0 Å². The molecular formula is C18H29N2O2S+. The molecule has 3 rings (SSSR count). The smallest absolute Gasteiger partial charge is 0.241 e. The average molecular weight is 338 g/mol. The summed E-state index contributed by atoms with van der Waals surface area (Å²) in [6, 6.07) is 9.90. The highest BCUT2D eigenvalue weighted by molar-refractivity contribution is 7.89. The summed E-state index contributed by atoms with van der Waals surface area (Å²) in [6.45, 7) is 0. The van der Waals surface area contributed by atoms with Gasteiger partial charge in [0.05, 0.1) is 17.0 Å². The van der Waals surface area contributed by atoms with Crippen LogP contribution in [0.3, 0.4) is 0 Å². The van der Waals surface area contributed by atoms with E-state index in [4.69, 9.17) is 0 Å². The highest BCUT2D eigenvalue weighted by Gasteiger charge is 2.33. The number of quaternary nitrogens is 1. The van der Waals surface area contributed by atoms with E-state index < -0.39 is 10.0 Å². The lowest BCUT2D eigenvalue weighted by Gasteiger charge is -2.33. The van der Waals surface area contributed by atoms with Gasteiger partial charge in [-0.1, -0.05) is 31.0 Å². The molecule has 0 bridgehead atoms. The molecule has 0 heterocycles. The van der Waals surface area contributed by atoms with Crippen LogP contribution in [0, 0.1) is 0 Å². The number of benzene rings is 1. The van der Waals surface area contributed by atoms with Gasteiger partial charge in [0.2, 0.25) is 10.0 Å². The topological polar surface area (TPSA) is 62.8 Å². The standard InChI is InChI=1S/C18H28N2O2S/c21-23(22,16-11-5-2-6-12-16)20-18-14-8-7-13-17(18)19-15-9-3-1-4-10-15/h2,5-6,11-12,15,17-20H,1,3-4,7-10,13-14H2/p+1. The molecule has 0 aromatic heterocycles. The molecule has 2 unspecified atom stereocenters. The molecule has 128 valence electrons. The van der Waals surface area contributed by atoms with Gasteiger partial charge in [0.1, 0.15) is 6.04 Å². The number of nitrogens with two attached hydrogens (primary N) is 1. The molecule has 4 nitrogen and oxygen atoms in total. The minimum absolute atomic E-state index is 0.0656. The predicted octanol–water partition coefficient (Wildman–Crippen LogP) is 2.17. The first-order valence-corrected chi connectivity index (χ1v) is 10.6. The van der Waals surface area contributed by atoms with E-state index in [1.54, 1.807) is 24.3 Å². The molecular weight excluding hydrogens is 308 g/mol. The fourth-order valence-electron chi connectivity index (χ4n) is 4.08. The van der Waals surface area contributed by atoms with Crippen molar-refractivity contribution in [2.24, 2.45) is 0 Å². The Morgan fingerprint density at radius 3 is 2.26 bits per heavy atom. The van der Waals surface area contributed by atoms with Crippen LogP contribution in [0.2, 0.25) is 0 Å². The summed E-state index contributed by atoms with van der Waals surface area (Å²) in [5, 5.41) is 2.48. The number of sulfonamides is 1. The molecule has 0 aliphatic heterocycles. The molecule has 0 saturated heterocycles. The summed E-state index contributed by atoms with van der Waals surface area (Å²) >= 11 is 0. The van der Waals surface area contributed by atoms with Crippen molar-refractivity contribution in [2.45, 2.75) is 80.8 Å². The van der Waals surface area contributed by atoms with Gasteiger partial charge >= 0.3 is 0 Å². The third kappa shape index (κ3) is 4.55. The van der Waals surface area contributed by atoms with Crippen molar-refractivity contribution in [1.82, 2.24) is 4.72 Å². The predicted molar refractivity (Wildman–Crippen MR) is 91.6 cm³/mol. The van der Waals surface area contributed by atoms with E-state index in [9.17, 15) is 8.42 Å². The van der Waals surface area contributed by atoms with E-state index in [0.717, 1.165) is 19.3 Å². The van der Waals surface area contributed by atoms with Gasteiger partial charge in [0.25, 0.3) is 0 Å². The normalized spacial score (nSPS) is 27.0. The summed E-state index contributed by atoms with van der Waals surface area (Å²) in [7, 11) is -3.40. The Morgan fingerprint density at radius 2 is 1.52 bits per heavy atom. The van der Waals surface area contributed by atoms with Crippen molar-refractivity contribution in [3.8, 4) is 0 Å². The van der Waals surface area contributed by atoms with Gasteiger partial charge in [0, 0.05) is 6.42 Å². The second-order valence-electron chi connectivity index (χ2n) is 7.08. The Hall–Kier alpha value is -0.910. The largest absolute Gasteiger partial charge is 0.340 e. The van der Waals surface area contributed by atoms with Crippen molar-refractivity contribution in [3.05, 3.63) is 30.3 Å². The first-order chi connectivity index (χ1) is 11.1. The first kappa shape index (κ1) is 16.9. The fourth-order valence-corrected chi connectivity index (χ4v) is 5.42. The Morgan fingerprint density at radius 1 is 0.870 bits per heavy atom. The van der Waals surface area contributed by atoms with Crippen molar-refractivity contribution in [3.63, 3.8) is 0 Å². The van der Waals surface area contributed by atoms with E-state index in [0.29, 0.717) is 17.0 Å². The first-order valence-electron chi connectivity index (χ1n) is 9.07. The lowest BCUT2D eigenvalue weighted by Crippen LogP contribution is -2.98. The molecule has 0 spiro atoms. The zero-order chi connectivity index (χ0) is 16.1. The van der Waals surface area contributed by atoms with Crippen LogP contribution >= 0.6 is 0 Å². The molecule has 3 N–H and O–H groups in total. The maximum atomic E-state index is 12.6. The van der Waals surface area contributed by atoms with Gasteiger partial charge in [-0.15, -0.1) is 0 Å². The number of hydrogen-bond acceptors (Lipinski definition) is 2. The van der Waals surface area contributed by atoms with Gasteiger partial charge in [-0.2, -0.15) is 0 Å². The molecule has 0 amide bonds. The monoisotopic (exact) mass is 337 g/mol. The van der Waals surface area contributed by atoms with Crippen LogP contribution in [0.4, 0.5) is 0 Å². The van der Waals surface area contributed by atoms with Crippen LogP contribution in [0.1, 0.15) is 57.8 Å². The molecule has 2 aliphatic rings. The minimum Gasteiger partial charge on any atom is -0.340 e. The Labute approximate surface area is 140 Å². The van der Waals surface area contributed by atoms with E-state index in [-0.39, 0.29) is 6.04 Å². The summed E-state index contributed by atoms with van der Waals surface area (Å²) in [5.74, 6) is 0. The Balaban J connectivity index is 1.66. The molecule has 1 aromatic rings. The quantitative estimate of drug-likeness (QED) is 0.865. The van der Waals surface area contributed by atoms with E-state index >= 15 is 0 Å². The number of rotatable bonds is 5. The summed E-state index contributed by atoms with van der Waals surface area (Å²) < 4.78 is 28.2. The molecule has 1 aromatic carbocycles. The highest BCUT2D eigenvalue weighted by atomic mass is 32.2. The SMILES string of the molecule is O=S(=O)(NC1CCCCC1[NH2+]C1CCCCC1)c1ccccc1. The van der Waals surface area contributed by atoms with Crippen LogP contribution in [-0.2, 0) is 10.0 Å². The van der Waals surface area contributed by atoms with Crippen LogP contribution in [0.5, 0.6) is 0 Å². The van der Waals surface area contributed by atoms with Crippen molar-refractivity contribution < 1.29 is 13.7 Å². The fraction of sp³-hybridized carbons (Fsp3) is 0.667. The molecule has 2 atom stereocenters. The van der Waals surface area contributed by atoms with E-state index in [2.05, 4.69) is 10.0 Å². The average Bonchev–Trinajstić information content (AvgIpc) is 2.58. The zero-order valence-corrected chi connectivity index (χ0v) is 14.6. The minimum atomic E-state index is -3.40. The number of nitrogens with one attached hydrogen (secondary N) is 1. The highest BCUT2D eigenvalue weighted by Crippen LogP contribution is 2.21. The van der Waals surface area contributed by atoms with Gasteiger partial charge in [-0.3, -0.25) is 0 Å². The summed E-state index contributed by atoms with van der Waals surface area (Å²) in [5.41, 5.74) is 0. The van der Waals surface area contributed by atoms with E-state index in [1.165, 1.54) is 38.5 Å². The third-order valence-corrected chi connectivity index (χ3v) is 6.85. The van der Waals surface area contributed by atoms with Crippen molar-refractivity contribution >= 4 is 10.0 Å². The van der Waals surface area contributed by atoms with Crippen LogP contribution < -0.4 is 10.0 Å². The maximum Gasteiger partial charge on any atom is 0.241 e. The molecule has 0 radical (unpaired) electrons. The Bertz CT molecular complexity index is 582. The zero-order valence-electron chi connectivity index (χ0n) is 13.8. The van der Waals surface area contributed by atoms with Crippen LogP contribution in [0.15, 0.2) is 35.2 Å². The van der Waals surface area contributed by atoms with E-state index in [1.807, 2.05) is 6.07 Å². The van der Waals surface area contributed by atoms with Crippen molar-refractivity contribution in [1.29, 1.82) is 0 Å². The van der Waals surface area contributed by atoms with Gasteiger partial charge in [-0.25, -0.2) is 13.1 Å². The molecule has 23 heavy (non-hydrogen) atoms. The van der Waals surface area contributed by atoms with Crippen molar-refractivity contribution in [2.75, 3.05) is 0 Å². The number of hydrogen-bond donors (Lipinski definition) is 2. The molecule has 2 saturated carbocycles. The third-order valence-electron chi connectivity index (χ3n) is 5.35. The maximum absolute atomic E-state index is 12.6. The second-order valence-corrected chi connectivity index (χ2v) is 8.79. The van der Waals surface area contributed by atoms with Crippen LogP contribution in [-0.4, -0.2) is 26.5 Å².